The van der Waals surface area contributed by atoms with Crippen LogP contribution in [0.15, 0.2) is 55.0 Å². The Labute approximate surface area is 159 Å². The summed E-state index contributed by atoms with van der Waals surface area (Å²) >= 11 is 0. The molecule has 0 unspecified atom stereocenters. The summed E-state index contributed by atoms with van der Waals surface area (Å²) in [4.78, 5) is 21.9. The first-order valence-electron chi connectivity index (χ1n) is 9.78. The summed E-state index contributed by atoms with van der Waals surface area (Å²) in [6.07, 6.45) is 5.96. The van der Waals surface area contributed by atoms with Gasteiger partial charge in [0.05, 0.1) is 12.0 Å². The second-order valence-electron chi connectivity index (χ2n) is 7.65. The van der Waals surface area contributed by atoms with Gasteiger partial charge in [-0.3, -0.25) is 9.69 Å². The molecule has 0 spiro atoms. The Hall–Kier alpha value is -2.66. The maximum atomic E-state index is 13.1. The van der Waals surface area contributed by atoms with Gasteiger partial charge in [-0.25, -0.2) is 4.98 Å². The van der Waals surface area contributed by atoms with Crippen molar-refractivity contribution in [2.24, 2.45) is 0 Å². The lowest BCUT2D eigenvalue weighted by atomic mass is 10.0. The van der Waals surface area contributed by atoms with Crippen LogP contribution in [0, 0.1) is 0 Å². The van der Waals surface area contributed by atoms with E-state index in [4.69, 9.17) is 0 Å². The van der Waals surface area contributed by atoms with Crippen molar-refractivity contribution in [2.45, 2.75) is 32.0 Å². The maximum Gasteiger partial charge on any atom is 0.247 e. The molecule has 1 saturated heterocycles. The highest BCUT2D eigenvalue weighted by Crippen LogP contribution is 2.27. The molecule has 1 fully saturated rings. The predicted molar refractivity (Wildman–Crippen MR) is 105 cm³/mol. The second kappa shape index (κ2) is 6.82. The minimum Gasteiger partial charge on any atom is -0.341 e. The predicted octanol–water partition coefficient (Wildman–Crippen LogP) is 3.22. The number of nitrogens with zero attached hydrogens (tertiary/aromatic N) is 4. The lowest BCUT2D eigenvalue weighted by molar-refractivity contribution is -0.135. The Morgan fingerprint density at radius 1 is 1.07 bits per heavy atom. The molecule has 1 amide bonds. The van der Waals surface area contributed by atoms with Crippen molar-refractivity contribution in [3.05, 3.63) is 66.2 Å². The molecular weight excluding hydrogens is 336 g/mol. The van der Waals surface area contributed by atoms with Crippen LogP contribution in [0.4, 0.5) is 0 Å². The fourth-order valence-electron chi connectivity index (χ4n) is 4.50. The van der Waals surface area contributed by atoms with E-state index in [2.05, 4.69) is 56.9 Å². The van der Waals surface area contributed by atoms with Crippen molar-refractivity contribution in [1.29, 1.82) is 0 Å². The number of aromatic nitrogens is 2. The van der Waals surface area contributed by atoms with E-state index in [-0.39, 0.29) is 11.9 Å². The van der Waals surface area contributed by atoms with Crippen molar-refractivity contribution in [1.82, 2.24) is 19.4 Å². The quantitative estimate of drug-likeness (QED) is 0.720. The molecule has 3 aromatic rings. The molecule has 0 aliphatic carbocycles. The van der Waals surface area contributed by atoms with Gasteiger partial charge in [-0.2, -0.15) is 0 Å². The average molecular weight is 360 g/mol. The van der Waals surface area contributed by atoms with Crippen LogP contribution >= 0.6 is 0 Å². The molecule has 5 nitrogen and oxygen atoms in total. The van der Waals surface area contributed by atoms with Gasteiger partial charge in [0.25, 0.3) is 0 Å². The zero-order valence-electron chi connectivity index (χ0n) is 15.4. The molecule has 2 aromatic carbocycles. The number of benzene rings is 2. The summed E-state index contributed by atoms with van der Waals surface area (Å²) in [5.74, 6) is 0.245. The van der Waals surface area contributed by atoms with E-state index >= 15 is 0 Å². The minimum atomic E-state index is -0.163. The fourth-order valence-corrected chi connectivity index (χ4v) is 4.50. The smallest absolute Gasteiger partial charge is 0.247 e. The molecule has 1 aromatic heterocycles. The van der Waals surface area contributed by atoms with Crippen LogP contribution in [0.2, 0.25) is 0 Å². The zero-order valence-corrected chi connectivity index (χ0v) is 15.4. The van der Waals surface area contributed by atoms with Gasteiger partial charge >= 0.3 is 0 Å². The molecule has 5 rings (SSSR count). The minimum absolute atomic E-state index is 0.163. The van der Waals surface area contributed by atoms with Crippen molar-refractivity contribution in [3.8, 4) is 0 Å². The fraction of sp³-hybridized carbons (Fsp3) is 0.364. The second-order valence-corrected chi connectivity index (χ2v) is 7.65. The average Bonchev–Trinajstić information content (AvgIpc) is 3.39. The summed E-state index contributed by atoms with van der Waals surface area (Å²) in [7, 11) is 0. The number of fused-ring (bicyclic) bond motifs is 2. The first kappa shape index (κ1) is 16.5. The van der Waals surface area contributed by atoms with E-state index in [9.17, 15) is 4.79 Å². The Morgan fingerprint density at radius 2 is 1.89 bits per heavy atom. The maximum absolute atomic E-state index is 13.1. The Bertz CT molecular complexity index is 968. The van der Waals surface area contributed by atoms with Crippen LogP contribution in [0.1, 0.15) is 30.1 Å². The first-order valence-corrected chi connectivity index (χ1v) is 9.78. The van der Waals surface area contributed by atoms with Gasteiger partial charge in [-0.1, -0.05) is 42.5 Å². The summed E-state index contributed by atoms with van der Waals surface area (Å²) in [5.41, 5.74) is 2.44. The van der Waals surface area contributed by atoms with Gasteiger partial charge in [-0.15, -0.1) is 0 Å². The number of rotatable bonds is 3. The molecule has 0 radical (unpaired) electrons. The number of imidazole rings is 1. The molecule has 138 valence electrons. The van der Waals surface area contributed by atoms with Gasteiger partial charge in [0.2, 0.25) is 5.91 Å². The first-order chi connectivity index (χ1) is 13.3. The van der Waals surface area contributed by atoms with E-state index < -0.39 is 0 Å². The van der Waals surface area contributed by atoms with Crippen LogP contribution in [0.25, 0.3) is 10.8 Å². The summed E-state index contributed by atoms with van der Waals surface area (Å²) in [6, 6.07) is 14.8. The lowest BCUT2D eigenvalue weighted by Gasteiger charge is -2.35. The van der Waals surface area contributed by atoms with E-state index in [1.807, 2.05) is 17.4 Å². The zero-order chi connectivity index (χ0) is 18.2. The van der Waals surface area contributed by atoms with Gasteiger partial charge in [0, 0.05) is 38.9 Å². The third-order valence-electron chi connectivity index (χ3n) is 5.88. The third kappa shape index (κ3) is 3.02. The number of hydrogen-bond acceptors (Lipinski definition) is 3. The van der Waals surface area contributed by atoms with Crippen molar-refractivity contribution < 1.29 is 4.79 Å². The molecule has 2 aliphatic rings. The summed E-state index contributed by atoms with van der Waals surface area (Å²) < 4.78 is 2.08. The van der Waals surface area contributed by atoms with Gasteiger partial charge < -0.3 is 9.47 Å². The molecule has 1 atom stereocenters. The highest BCUT2D eigenvalue weighted by Gasteiger charge is 2.33. The van der Waals surface area contributed by atoms with Crippen LogP contribution in [-0.4, -0.2) is 44.9 Å². The van der Waals surface area contributed by atoms with Gasteiger partial charge in [-0.05, 0) is 29.2 Å². The van der Waals surface area contributed by atoms with Crippen LogP contribution < -0.4 is 0 Å². The summed E-state index contributed by atoms with van der Waals surface area (Å²) in [5, 5.41) is 2.56. The monoisotopic (exact) mass is 360 g/mol. The van der Waals surface area contributed by atoms with Crippen molar-refractivity contribution >= 4 is 16.7 Å². The molecule has 27 heavy (non-hydrogen) atoms. The normalized spacial score (nSPS) is 20.1. The standard InChI is InChI=1S/C22H24N4O/c27-22(25-10-3-4-11-25)21-15-24(14-19-12-23-16-26(19)21)13-18-8-5-7-17-6-1-2-9-20(17)18/h1-2,5-9,12,16,21H,3-4,10-11,13-15H2/t21-/m0/s1. The van der Waals surface area contributed by atoms with E-state index in [1.165, 1.54) is 16.3 Å². The number of carbonyl (C=O) groups is 1. The van der Waals surface area contributed by atoms with Crippen LogP contribution in [0.3, 0.4) is 0 Å². The molecule has 0 saturated carbocycles. The van der Waals surface area contributed by atoms with Crippen molar-refractivity contribution in [2.75, 3.05) is 19.6 Å². The Morgan fingerprint density at radius 3 is 2.78 bits per heavy atom. The third-order valence-corrected chi connectivity index (χ3v) is 5.88. The lowest BCUT2D eigenvalue weighted by Crippen LogP contribution is -2.45. The topological polar surface area (TPSA) is 41.4 Å². The number of likely N-dealkylation sites (tertiary alicyclic amines) is 1. The summed E-state index contributed by atoms with van der Waals surface area (Å²) in [6.45, 7) is 4.19. The van der Waals surface area contributed by atoms with Gasteiger partial charge in [0.15, 0.2) is 0 Å². The molecule has 2 aliphatic heterocycles. The molecule has 0 N–H and O–H groups in total. The van der Waals surface area contributed by atoms with Crippen LogP contribution in [0.5, 0.6) is 0 Å². The molecule has 0 bridgehead atoms. The largest absolute Gasteiger partial charge is 0.341 e. The number of hydrogen-bond donors (Lipinski definition) is 0. The SMILES string of the molecule is O=C([C@@H]1CN(Cc2cccc3ccccc23)Cc2cncn21)N1CCCC1. The van der Waals surface area contributed by atoms with Crippen LogP contribution in [-0.2, 0) is 17.9 Å². The van der Waals surface area contributed by atoms with Gasteiger partial charge in [0.1, 0.15) is 6.04 Å². The highest BCUT2D eigenvalue weighted by atomic mass is 16.2. The number of amides is 1. The number of carbonyl (C=O) groups excluding carboxylic acids is 1. The molecular formula is C22H24N4O. The molecule has 5 heteroatoms. The molecule has 3 heterocycles. The van der Waals surface area contributed by atoms with E-state index in [0.717, 1.165) is 51.3 Å². The Balaban J connectivity index is 1.43. The van der Waals surface area contributed by atoms with Crippen molar-refractivity contribution in [3.63, 3.8) is 0 Å². The Kier molecular flexibility index (Phi) is 4.17. The van der Waals surface area contributed by atoms with E-state index in [0.29, 0.717) is 0 Å². The highest BCUT2D eigenvalue weighted by molar-refractivity contribution is 5.85. The van der Waals surface area contributed by atoms with E-state index in [1.54, 1.807) is 0 Å².